The molecule has 1 aliphatic carbocycles. The van der Waals surface area contributed by atoms with Crippen LogP contribution in [0, 0.1) is 6.92 Å². The van der Waals surface area contributed by atoms with Crippen LogP contribution in [0.2, 0.25) is 0 Å². The van der Waals surface area contributed by atoms with E-state index < -0.39 is 18.8 Å². The summed E-state index contributed by atoms with van der Waals surface area (Å²) in [6, 6.07) is 3.56. The van der Waals surface area contributed by atoms with Crippen molar-refractivity contribution in [3.63, 3.8) is 0 Å². The summed E-state index contributed by atoms with van der Waals surface area (Å²) in [5.41, 5.74) is 0.408. The number of aliphatic hydroxyl groups excluding tert-OH is 1. The molecule has 3 N–H and O–H groups in total. The Labute approximate surface area is 163 Å². The Morgan fingerprint density at radius 2 is 1.62 bits per heavy atom. The van der Waals surface area contributed by atoms with Gasteiger partial charge in [0.25, 0.3) is 10.1 Å². The van der Waals surface area contributed by atoms with Crippen LogP contribution in [-0.4, -0.2) is 31.9 Å². The quantitative estimate of drug-likeness (QED) is 0.414. The Hall–Kier alpha value is -0.340. The SMILES string of the molecule is Cc1cc(S(=O)(=O)O)ccc1O.OC1=C(Cl)C(Cl)(Cl)C(Cl)(Cl)C=C1. The van der Waals surface area contributed by atoms with Crippen LogP contribution in [0.5, 0.6) is 5.75 Å². The number of hydrogen-bond donors (Lipinski definition) is 3. The molecule has 11 heteroatoms. The predicted molar refractivity (Wildman–Crippen MR) is 96.2 cm³/mol. The first kappa shape index (κ1) is 21.7. The zero-order valence-electron chi connectivity index (χ0n) is 11.8. The maximum absolute atomic E-state index is 10.6. The van der Waals surface area contributed by atoms with Crippen molar-refractivity contribution >= 4 is 68.1 Å². The molecule has 0 spiro atoms. The van der Waals surface area contributed by atoms with Gasteiger partial charge >= 0.3 is 0 Å². The van der Waals surface area contributed by atoms with Crippen LogP contribution in [0.25, 0.3) is 0 Å². The van der Waals surface area contributed by atoms with E-state index >= 15 is 0 Å². The normalized spacial score (nSPS) is 18.8. The van der Waals surface area contributed by atoms with Crippen molar-refractivity contribution in [2.45, 2.75) is 20.5 Å². The lowest BCUT2D eigenvalue weighted by atomic mass is 10.1. The second-order valence-electron chi connectivity index (χ2n) is 4.65. The lowest BCUT2D eigenvalue weighted by Gasteiger charge is -2.32. The zero-order valence-corrected chi connectivity index (χ0v) is 16.4. The van der Waals surface area contributed by atoms with Gasteiger partial charge in [0.1, 0.15) is 11.5 Å². The molecule has 0 radical (unpaired) electrons. The number of aryl methyl sites for hydroxylation is 1. The van der Waals surface area contributed by atoms with Gasteiger partial charge in [-0.3, -0.25) is 4.55 Å². The molecule has 134 valence electrons. The number of aliphatic hydroxyl groups is 1. The number of halogens is 5. The number of phenolic OH excluding ortho intramolecular Hbond substituents is 1. The fourth-order valence-electron chi connectivity index (χ4n) is 1.46. The fraction of sp³-hybridized carbons (Fsp3) is 0.231. The Morgan fingerprint density at radius 3 is 2.04 bits per heavy atom. The first-order valence-electron chi connectivity index (χ1n) is 6.01. The van der Waals surface area contributed by atoms with Crippen LogP contribution in [0.1, 0.15) is 5.56 Å². The highest BCUT2D eigenvalue weighted by Crippen LogP contribution is 2.52. The minimum absolute atomic E-state index is 0.00222. The molecule has 0 saturated heterocycles. The molecule has 0 fully saturated rings. The largest absolute Gasteiger partial charge is 0.508 e. The van der Waals surface area contributed by atoms with Gasteiger partial charge in [0.15, 0.2) is 8.67 Å². The standard InChI is InChI=1S/C7H8O4S.C6H3Cl5O/c1-5-4-6(12(9,10)11)2-3-7(5)8;7-4-3(12)1-2-5(8,9)6(4,10)11/h2-4,8H,1H3,(H,9,10,11);1-2,12H. The lowest BCUT2D eigenvalue weighted by molar-refractivity contribution is 0.422. The molecular formula is C13H11Cl5O5S. The first-order chi connectivity index (χ1) is 10.7. The van der Waals surface area contributed by atoms with Gasteiger partial charge in [-0.15, -0.1) is 0 Å². The third kappa shape index (κ3) is 4.85. The van der Waals surface area contributed by atoms with E-state index in [9.17, 15) is 8.42 Å². The maximum Gasteiger partial charge on any atom is 0.294 e. The van der Waals surface area contributed by atoms with Gasteiger partial charge in [0.2, 0.25) is 0 Å². The summed E-state index contributed by atoms with van der Waals surface area (Å²) in [6.07, 6.45) is 2.50. The minimum atomic E-state index is -4.15. The monoisotopic (exact) mass is 454 g/mol. The summed E-state index contributed by atoms with van der Waals surface area (Å²) >= 11 is 28.4. The van der Waals surface area contributed by atoms with Gasteiger partial charge in [-0.25, -0.2) is 0 Å². The Balaban J connectivity index is 0.000000240. The highest BCUT2D eigenvalue weighted by molar-refractivity contribution is 7.85. The lowest BCUT2D eigenvalue weighted by Crippen LogP contribution is -2.37. The molecule has 5 nitrogen and oxygen atoms in total. The predicted octanol–water partition coefficient (Wildman–Crippen LogP) is 4.86. The number of rotatable bonds is 1. The number of phenols is 1. The van der Waals surface area contributed by atoms with Gasteiger partial charge in [0, 0.05) is 0 Å². The minimum Gasteiger partial charge on any atom is -0.508 e. The van der Waals surface area contributed by atoms with E-state index in [1.165, 1.54) is 24.3 Å². The average molecular weight is 457 g/mol. The molecule has 24 heavy (non-hydrogen) atoms. The zero-order chi connectivity index (χ0) is 18.9. The smallest absolute Gasteiger partial charge is 0.294 e. The van der Waals surface area contributed by atoms with Crippen LogP contribution in [-0.2, 0) is 10.1 Å². The molecule has 0 bridgehead atoms. The van der Waals surface area contributed by atoms with Crippen molar-refractivity contribution in [2.24, 2.45) is 0 Å². The molecule has 0 unspecified atom stereocenters. The van der Waals surface area contributed by atoms with E-state index in [0.717, 1.165) is 6.07 Å². The Morgan fingerprint density at radius 1 is 1.08 bits per heavy atom. The molecule has 0 amide bonds. The van der Waals surface area contributed by atoms with Crippen molar-refractivity contribution in [3.8, 4) is 5.75 Å². The van der Waals surface area contributed by atoms with E-state index in [-0.39, 0.29) is 21.4 Å². The molecule has 0 aromatic heterocycles. The molecular weight excluding hydrogens is 445 g/mol. The third-order valence-corrected chi connectivity index (χ3v) is 6.54. The van der Waals surface area contributed by atoms with Gasteiger partial charge in [-0.2, -0.15) is 8.42 Å². The first-order valence-corrected chi connectivity index (χ1v) is 9.34. The van der Waals surface area contributed by atoms with Crippen molar-refractivity contribution in [1.82, 2.24) is 0 Å². The summed E-state index contributed by atoms with van der Waals surface area (Å²) in [7, 11) is -4.15. The molecule has 1 aromatic carbocycles. The van der Waals surface area contributed by atoms with E-state index in [4.69, 9.17) is 72.8 Å². The number of hydrogen-bond acceptors (Lipinski definition) is 4. The van der Waals surface area contributed by atoms with Crippen LogP contribution in [0.4, 0.5) is 0 Å². The van der Waals surface area contributed by atoms with E-state index in [1.807, 2.05) is 0 Å². The summed E-state index contributed by atoms with van der Waals surface area (Å²) < 4.78 is 26.5. The van der Waals surface area contributed by atoms with Crippen LogP contribution in [0.3, 0.4) is 0 Å². The third-order valence-electron chi connectivity index (χ3n) is 2.84. The number of allylic oxidation sites excluding steroid dienone is 3. The summed E-state index contributed by atoms with van der Waals surface area (Å²) in [5.74, 6) is -0.235. The van der Waals surface area contributed by atoms with E-state index in [0.29, 0.717) is 5.56 Å². The van der Waals surface area contributed by atoms with Crippen molar-refractivity contribution < 1.29 is 23.2 Å². The highest BCUT2D eigenvalue weighted by Gasteiger charge is 2.51. The Kier molecular flexibility index (Phi) is 6.78. The van der Waals surface area contributed by atoms with Crippen molar-refractivity contribution in [3.05, 3.63) is 46.7 Å². The van der Waals surface area contributed by atoms with Gasteiger partial charge in [0.05, 0.1) is 9.93 Å². The van der Waals surface area contributed by atoms with E-state index in [2.05, 4.69) is 0 Å². The van der Waals surface area contributed by atoms with Crippen LogP contribution in [0.15, 0.2) is 46.0 Å². The number of benzene rings is 1. The fourth-order valence-corrected chi connectivity index (χ4v) is 2.97. The van der Waals surface area contributed by atoms with E-state index in [1.54, 1.807) is 6.92 Å². The highest BCUT2D eigenvalue weighted by atomic mass is 35.5. The summed E-state index contributed by atoms with van der Waals surface area (Å²) in [5, 5.41) is 18.0. The molecule has 1 aromatic rings. The maximum atomic E-state index is 10.6. The molecule has 1 aliphatic rings. The molecule has 0 heterocycles. The van der Waals surface area contributed by atoms with Gasteiger partial charge < -0.3 is 10.2 Å². The average Bonchev–Trinajstić information content (AvgIpc) is 2.45. The van der Waals surface area contributed by atoms with Gasteiger partial charge in [-0.05, 0) is 42.8 Å². The molecule has 0 aliphatic heterocycles. The molecule has 2 rings (SSSR count). The Bertz CT molecular complexity index is 799. The summed E-state index contributed by atoms with van der Waals surface area (Å²) in [4.78, 5) is -0.210. The molecule has 0 atom stereocenters. The van der Waals surface area contributed by atoms with Crippen LogP contribution >= 0.6 is 58.0 Å². The van der Waals surface area contributed by atoms with Gasteiger partial charge in [-0.1, -0.05) is 58.0 Å². The second-order valence-corrected chi connectivity index (χ2v) is 9.17. The molecule has 0 saturated carbocycles. The number of alkyl halides is 4. The topological polar surface area (TPSA) is 94.8 Å². The van der Waals surface area contributed by atoms with Crippen LogP contribution < -0.4 is 0 Å². The van der Waals surface area contributed by atoms with Crippen molar-refractivity contribution in [2.75, 3.05) is 0 Å². The second kappa shape index (κ2) is 7.50. The van der Waals surface area contributed by atoms with Crippen molar-refractivity contribution in [1.29, 1.82) is 0 Å². The summed E-state index contributed by atoms with van der Waals surface area (Å²) in [6.45, 7) is 1.55. The number of aromatic hydroxyl groups is 1.